The minimum absolute atomic E-state index is 0.00248. The highest BCUT2D eigenvalue weighted by Crippen LogP contribution is 2.30. The molecular formula is C18H20N2O3S. The van der Waals surface area contributed by atoms with E-state index >= 15 is 0 Å². The Hall–Kier alpha value is -2.34. The van der Waals surface area contributed by atoms with Crippen LogP contribution in [0.1, 0.15) is 36.3 Å². The van der Waals surface area contributed by atoms with Crippen molar-refractivity contribution in [1.82, 2.24) is 5.32 Å². The van der Waals surface area contributed by atoms with E-state index in [0.29, 0.717) is 5.75 Å². The monoisotopic (exact) mass is 344 g/mol. The molecule has 2 aromatic rings. The SMILES string of the molecule is C[C@H](NC(=O)CS[C@@H](C)c1cccc([N+](=O)[O-])c1)c1ccccc1. The number of non-ortho nitro benzene ring substituents is 1. The molecule has 2 rings (SSSR count). The summed E-state index contributed by atoms with van der Waals surface area (Å²) in [7, 11) is 0. The van der Waals surface area contributed by atoms with Gasteiger partial charge in [0.2, 0.25) is 5.91 Å². The van der Waals surface area contributed by atoms with Crippen LogP contribution in [0.4, 0.5) is 5.69 Å². The second kappa shape index (κ2) is 8.49. The number of amides is 1. The molecule has 0 heterocycles. The van der Waals surface area contributed by atoms with E-state index < -0.39 is 4.92 Å². The number of hydrogen-bond acceptors (Lipinski definition) is 4. The molecule has 0 saturated carbocycles. The van der Waals surface area contributed by atoms with Crippen LogP contribution in [0.25, 0.3) is 0 Å². The number of nitro benzene ring substituents is 1. The van der Waals surface area contributed by atoms with Crippen molar-refractivity contribution in [2.24, 2.45) is 0 Å². The summed E-state index contributed by atoms with van der Waals surface area (Å²) >= 11 is 1.46. The molecule has 0 aliphatic carbocycles. The number of rotatable bonds is 7. The molecule has 1 N–H and O–H groups in total. The minimum atomic E-state index is -0.408. The van der Waals surface area contributed by atoms with Gasteiger partial charge in [-0.15, -0.1) is 11.8 Å². The predicted molar refractivity (Wildman–Crippen MR) is 97.0 cm³/mol. The summed E-state index contributed by atoms with van der Waals surface area (Å²) < 4.78 is 0. The largest absolute Gasteiger partial charge is 0.349 e. The Morgan fingerprint density at radius 1 is 1.12 bits per heavy atom. The average Bonchev–Trinajstić information content (AvgIpc) is 2.60. The molecule has 1 amide bonds. The smallest absolute Gasteiger partial charge is 0.269 e. The van der Waals surface area contributed by atoms with Crippen molar-refractivity contribution in [3.8, 4) is 0 Å². The molecule has 2 atom stereocenters. The van der Waals surface area contributed by atoms with Crippen LogP contribution in [0, 0.1) is 10.1 Å². The summed E-state index contributed by atoms with van der Waals surface area (Å²) in [6, 6.07) is 16.3. The fraction of sp³-hybridized carbons (Fsp3) is 0.278. The van der Waals surface area contributed by atoms with Gasteiger partial charge >= 0.3 is 0 Å². The molecule has 0 radical (unpaired) electrons. The van der Waals surface area contributed by atoms with E-state index in [1.54, 1.807) is 12.1 Å². The Bertz CT molecular complexity index is 706. The normalized spacial score (nSPS) is 13.1. The highest BCUT2D eigenvalue weighted by atomic mass is 32.2. The topological polar surface area (TPSA) is 72.2 Å². The van der Waals surface area contributed by atoms with Crippen LogP contribution in [0.5, 0.6) is 0 Å². The highest BCUT2D eigenvalue weighted by Gasteiger charge is 2.14. The van der Waals surface area contributed by atoms with E-state index in [0.717, 1.165) is 11.1 Å². The second-order valence-corrected chi connectivity index (χ2v) is 6.83. The lowest BCUT2D eigenvalue weighted by Gasteiger charge is -2.16. The van der Waals surface area contributed by atoms with Gasteiger partial charge in [-0.05, 0) is 25.0 Å². The van der Waals surface area contributed by atoms with Crippen LogP contribution in [0.3, 0.4) is 0 Å². The molecule has 6 heteroatoms. The maximum absolute atomic E-state index is 12.1. The molecule has 0 aromatic heterocycles. The lowest BCUT2D eigenvalue weighted by molar-refractivity contribution is -0.384. The number of thioether (sulfide) groups is 1. The Morgan fingerprint density at radius 2 is 1.79 bits per heavy atom. The molecule has 2 aromatic carbocycles. The van der Waals surface area contributed by atoms with Crippen LogP contribution < -0.4 is 5.32 Å². The van der Waals surface area contributed by atoms with Gasteiger partial charge in [0.15, 0.2) is 0 Å². The van der Waals surface area contributed by atoms with Crippen molar-refractivity contribution in [2.75, 3.05) is 5.75 Å². The zero-order valence-electron chi connectivity index (χ0n) is 13.6. The van der Waals surface area contributed by atoms with Gasteiger partial charge in [-0.25, -0.2) is 0 Å². The fourth-order valence-electron chi connectivity index (χ4n) is 2.30. The molecule has 0 aliphatic heterocycles. The Morgan fingerprint density at radius 3 is 2.46 bits per heavy atom. The molecule has 0 unspecified atom stereocenters. The van der Waals surface area contributed by atoms with Crippen LogP contribution in [0.15, 0.2) is 54.6 Å². The average molecular weight is 344 g/mol. The summed E-state index contributed by atoms with van der Waals surface area (Å²) in [5.74, 6) is 0.259. The molecule has 0 saturated heterocycles. The summed E-state index contributed by atoms with van der Waals surface area (Å²) in [5.41, 5.74) is 1.97. The van der Waals surface area contributed by atoms with Crippen LogP contribution in [0.2, 0.25) is 0 Å². The van der Waals surface area contributed by atoms with Crippen molar-refractivity contribution in [3.63, 3.8) is 0 Å². The van der Waals surface area contributed by atoms with E-state index in [1.165, 1.54) is 17.8 Å². The standard InChI is InChI=1S/C18H20N2O3S/c1-13(15-7-4-3-5-8-15)19-18(21)12-24-14(2)16-9-6-10-17(11-16)20(22)23/h3-11,13-14H,12H2,1-2H3,(H,19,21)/t13-,14-/m0/s1. The zero-order valence-corrected chi connectivity index (χ0v) is 14.5. The van der Waals surface area contributed by atoms with E-state index in [4.69, 9.17) is 0 Å². The molecule has 126 valence electrons. The fourth-order valence-corrected chi connectivity index (χ4v) is 3.12. The van der Waals surface area contributed by atoms with Crippen molar-refractivity contribution < 1.29 is 9.72 Å². The minimum Gasteiger partial charge on any atom is -0.349 e. The van der Waals surface area contributed by atoms with Crippen LogP contribution in [-0.4, -0.2) is 16.6 Å². The first kappa shape index (κ1) is 18.0. The highest BCUT2D eigenvalue weighted by molar-refractivity contribution is 8.00. The second-order valence-electron chi connectivity index (χ2n) is 5.51. The molecule has 0 fully saturated rings. The zero-order chi connectivity index (χ0) is 17.5. The molecule has 24 heavy (non-hydrogen) atoms. The van der Waals surface area contributed by atoms with Gasteiger partial charge in [0.25, 0.3) is 5.69 Å². The van der Waals surface area contributed by atoms with Gasteiger partial charge in [-0.2, -0.15) is 0 Å². The van der Waals surface area contributed by atoms with Crippen molar-refractivity contribution >= 4 is 23.4 Å². The number of nitro groups is 1. The van der Waals surface area contributed by atoms with Crippen LogP contribution in [-0.2, 0) is 4.79 Å². The first-order valence-electron chi connectivity index (χ1n) is 7.67. The molecule has 0 aliphatic rings. The van der Waals surface area contributed by atoms with Gasteiger partial charge < -0.3 is 5.32 Å². The molecule has 0 bridgehead atoms. The maximum Gasteiger partial charge on any atom is 0.269 e. The first-order valence-corrected chi connectivity index (χ1v) is 8.72. The number of nitrogens with one attached hydrogen (secondary N) is 1. The van der Waals surface area contributed by atoms with Gasteiger partial charge in [0.05, 0.1) is 16.7 Å². The first-order chi connectivity index (χ1) is 11.5. The lowest BCUT2D eigenvalue weighted by atomic mass is 10.1. The Kier molecular flexibility index (Phi) is 6.37. The molecular weight excluding hydrogens is 324 g/mol. The van der Waals surface area contributed by atoms with Gasteiger partial charge in [-0.1, -0.05) is 42.5 Å². The number of carbonyl (C=O) groups is 1. The van der Waals surface area contributed by atoms with Crippen molar-refractivity contribution in [1.29, 1.82) is 0 Å². The number of benzene rings is 2. The Balaban J connectivity index is 1.87. The molecule has 0 spiro atoms. The van der Waals surface area contributed by atoms with E-state index in [9.17, 15) is 14.9 Å². The predicted octanol–water partition coefficient (Wildman–Crippen LogP) is 4.27. The third-order valence-corrected chi connectivity index (χ3v) is 4.89. The Labute approximate surface area is 145 Å². The third-order valence-electron chi connectivity index (χ3n) is 3.69. The van der Waals surface area contributed by atoms with E-state index in [-0.39, 0.29) is 22.9 Å². The third kappa shape index (κ3) is 5.09. The molecule has 5 nitrogen and oxygen atoms in total. The maximum atomic E-state index is 12.1. The van der Waals surface area contributed by atoms with Gasteiger partial charge in [-0.3, -0.25) is 14.9 Å². The summed E-state index contributed by atoms with van der Waals surface area (Å²) in [5, 5.41) is 13.8. The summed E-state index contributed by atoms with van der Waals surface area (Å²) in [4.78, 5) is 22.5. The summed E-state index contributed by atoms with van der Waals surface area (Å²) in [6.45, 7) is 3.89. The number of hydrogen-bond donors (Lipinski definition) is 1. The lowest BCUT2D eigenvalue weighted by Crippen LogP contribution is -2.28. The van der Waals surface area contributed by atoms with Gasteiger partial charge in [0, 0.05) is 17.4 Å². The number of carbonyl (C=O) groups excluding carboxylic acids is 1. The van der Waals surface area contributed by atoms with Gasteiger partial charge in [0.1, 0.15) is 0 Å². The number of nitrogens with zero attached hydrogens (tertiary/aromatic N) is 1. The van der Waals surface area contributed by atoms with Crippen molar-refractivity contribution in [3.05, 3.63) is 75.8 Å². The quantitative estimate of drug-likeness (QED) is 0.601. The van der Waals surface area contributed by atoms with Crippen molar-refractivity contribution in [2.45, 2.75) is 25.1 Å². The van der Waals surface area contributed by atoms with E-state index in [2.05, 4.69) is 5.32 Å². The van der Waals surface area contributed by atoms with Crippen LogP contribution >= 0.6 is 11.8 Å². The van der Waals surface area contributed by atoms with E-state index in [1.807, 2.05) is 50.2 Å². The summed E-state index contributed by atoms with van der Waals surface area (Å²) in [6.07, 6.45) is 0.